The molecule has 0 N–H and O–H groups in total. The van der Waals surface area contributed by atoms with E-state index in [-0.39, 0.29) is 29.7 Å². The molecular formula is C23H26O5. The molecule has 28 heavy (non-hydrogen) atoms. The Morgan fingerprint density at radius 2 is 1.79 bits per heavy atom. The van der Waals surface area contributed by atoms with Gasteiger partial charge in [-0.1, -0.05) is 48.5 Å². The van der Waals surface area contributed by atoms with Gasteiger partial charge < -0.3 is 18.9 Å². The Kier molecular flexibility index (Phi) is 5.76. The summed E-state index contributed by atoms with van der Waals surface area (Å²) in [7, 11) is 1.67. The van der Waals surface area contributed by atoms with Crippen LogP contribution in [-0.4, -0.2) is 44.1 Å². The zero-order valence-corrected chi connectivity index (χ0v) is 16.1. The molecule has 2 aliphatic rings. The highest BCUT2D eigenvalue weighted by atomic mass is 16.6. The first-order valence-electron chi connectivity index (χ1n) is 9.76. The van der Waals surface area contributed by atoms with Crippen LogP contribution in [0.5, 0.6) is 0 Å². The number of epoxide rings is 1. The molecule has 1 aliphatic heterocycles. The van der Waals surface area contributed by atoms with Gasteiger partial charge in [-0.3, -0.25) is 0 Å². The van der Waals surface area contributed by atoms with Crippen molar-refractivity contribution in [3.63, 3.8) is 0 Å². The van der Waals surface area contributed by atoms with E-state index in [1.54, 1.807) is 19.2 Å². The van der Waals surface area contributed by atoms with E-state index < -0.39 is 0 Å². The number of carbonyl (C=O) groups excluding carboxylic acids is 1. The molecule has 1 aliphatic carbocycles. The van der Waals surface area contributed by atoms with Gasteiger partial charge in [0.05, 0.1) is 31.0 Å². The molecule has 0 radical (unpaired) electrons. The van der Waals surface area contributed by atoms with E-state index in [2.05, 4.69) is 0 Å². The topological polar surface area (TPSA) is 57.3 Å². The molecule has 4 atom stereocenters. The van der Waals surface area contributed by atoms with Crippen LogP contribution in [0.2, 0.25) is 0 Å². The predicted octanol–water partition coefficient (Wildman–Crippen LogP) is 3.62. The van der Waals surface area contributed by atoms with Crippen LogP contribution in [0.15, 0.2) is 60.7 Å². The van der Waals surface area contributed by atoms with E-state index in [9.17, 15) is 4.79 Å². The zero-order chi connectivity index (χ0) is 19.4. The van der Waals surface area contributed by atoms with Crippen molar-refractivity contribution in [1.82, 2.24) is 0 Å². The molecular weight excluding hydrogens is 356 g/mol. The van der Waals surface area contributed by atoms with Gasteiger partial charge in [0, 0.05) is 13.0 Å². The molecule has 4 rings (SSSR count). The number of hydrogen-bond donors (Lipinski definition) is 0. The number of rotatable bonds is 7. The van der Waals surface area contributed by atoms with E-state index >= 15 is 0 Å². The summed E-state index contributed by atoms with van der Waals surface area (Å²) in [6.07, 6.45) is 1.02. The van der Waals surface area contributed by atoms with E-state index in [0.29, 0.717) is 25.4 Å². The lowest BCUT2D eigenvalue weighted by Gasteiger charge is -2.40. The normalized spacial score (nSPS) is 28.8. The van der Waals surface area contributed by atoms with Crippen molar-refractivity contribution in [2.45, 2.75) is 37.3 Å². The second kappa shape index (κ2) is 8.43. The summed E-state index contributed by atoms with van der Waals surface area (Å²) in [5.74, 6) is -0.284. The van der Waals surface area contributed by atoms with Gasteiger partial charge in [-0.05, 0) is 30.5 Å². The van der Waals surface area contributed by atoms with Crippen LogP contribution in [0.4, 0.5) is 0 Å². The number of methoxy groups -OCH3 is 1. The van der Waals surface area contributed by atoms with Crippen LogP contribution in [0.3, 0.4) is 0 Å². The second-order valence-electron chi connectivity index (χ2n) is 7.51. The number of hydrogen-bond acceptors (Lipinski definition) is 5. The summed E-state index contributed by atoms with van der Waals surface area (Å²) in [5.41, 5.74) is 1.48. The molecule has 2 fully saturated rings. The fourth-order valence-corrected chi connectivity index (χ4v) is 4.09. The maximum Gasteiger partial charge on any atom is 0.338 e. The van der Waals surface area contributed by atoms with Gasteiger partial charge in [0.2, 0.25) is 0 Å². The highest BCUT2D eigenvalue weighted by Crippen LogP contribution is 2.48. The van der Waals surface area contributed by atoms with E-state index in [1.807, 2.05) is 48.5 Å². The number of esters is 1. The van der Waals surface area contributed by atoms with Crippen molar-refractivity contribution in [2.75, 3.05) is 20.3 Å². The Morgan fingerprint density at radius 1 is 1.11 bits per heavy atom. The van der Waals surface area contributed by atoms with Crippen molar-refractivity contribution in [2.24, 2.45) is 5.92 Å². The Labute approximate surface area is 165 Å². The number of ether oxygens (including phenoxy) is 4. The molecule has 2 aromatic rings. The maximum atomic E-state index is 12.5. The molecule has 1 spiro atoms. The van der Waals surface area contributed by atoms with Crippen molar-refractivity contribution in [3.8, 4) is 0 Å². The van der Waals surface area contributed by atoms with Crippen LogP contribution in [-0.2, 0) is 25.6 Å². The Balaban J connectivity index is 1.41. The molecule has 1 saturated carbocycles. The largest absolute Gasteiger partial charge is 0.456 e. The maximum absolute atomic E-state index is 12.5. The van der Waals surface area contributed by atoms with Crippen LogP contribution < -0.4 is 0 Å². The number of carbonyl (C=O) groups is 1. The minimum atomic E-state index is -0.315. The average molecular weight is 382 g/mol. The SMILES string of the molecule is CO[C@@H]1[C@H](OC(=O)c2ccccc2)CC[C@]2(CO2)[C@H]1COCc1ccccc1. The molecule has 2 aromatic carbocycles. The summed E-state index contributed by atoms with van der Waals surface area (Å²) in [5, 5.41) is 0. The van der Waals surface area contributed by atoms with Gasteiger partial charge in [-0.15, -0.1) is 0 Å². The Bertz CT molecular complexity index is 772. The van der Waals surface area contributed by atoms with Gasteiger partial charge >= 0.3 is 5.97 Å². The molecule has 1 heterocycles. The predicted molar refractivity (Wildman–Crippen MR) is 104 cm³/mol. The van der Waals surface area contributed by atoms with Gasteiger partial charge in [-0.25, -0.2) is 4.79 Å². The van der Waals surface area contributed by atoms with Gasteiger partial charge in [-0.2, -0.15) is 0 Å². The molecule has 1 saturated heterocycles. The molecule has 0 amide bonds. The minimum Gasteiger partial charge on any atom is -0.456 e. The van der Waals surface area contributed by atoms with E-state index in [1.165, 1.54) is 0 Å². The smallest absolute Gasteiger partial charge is 0.338 e. The molecule has 148 valence electrons. The highest BCUT2D eigenvalue weighted by Gasteiger charge is 2.59. The number of benzene rings is 2. The van der Waals surface area contributed by atoms with Crippen LogP contribution in [0.25, 0.3) is 0 Å². The molecule has 0 bridgehead atoms. The van der Waals surface area contributed by atoms with E-state index in [0.717, 1.165) is 18.4 Å². The van der Waals surface area contributed by atoms with Crippen molar-refractivity contribution < 1.29 is 23.7 Å². The second-order valence-corrected chi connectivity index (χ2v) is 7.51. The van der Waals surface area contributed by atoms with Gasteiger partial charge in [0.15, 0.2) is 0 Å². The lowest BCUT2D eigenvalue weighted by Crippen LogP contribution is -2.51. The fraction of sp³-hybridized carbons (Fsp3) is 0.435. The summed E-state index contributed by atoms with van der Waals surface area (Å²) in [4.78, 5) is 12.5. The third kappa shape index (κ3) is 4.12. The summed E-state index contributed by atoms with van der Waals surface area (Å²) < 4.78 is 23.4. The van der Waals surface area contributed by atoms with Crippen molar-refractivity contribution >= 4 is 5.97 Å². The van der Waals surface area contributed by atoms with Gasteiger partial charge in [0.25, 0.3) is 0 Å². The minimum absolute atomic E-state index is 0.0311. The molecule has 5 nitrogen and oxygen atoms in total. The third-order valence-corrected chi connectivity index (χ3v) is 5.75. The standard InChI is InChI=1S/C23H26O5/c1-25-21-19(15-26-14-17-8-4-2-5-9-17)23(16-27-23)13-12-20(21)28-22(24)18-10-6-3-7-11-18/h2-11,19-21H,12-16H2,1H3/t19-,20+,21-,23-/m0/s1. The molecule has 0 aromatic heterocycles. The van der Waals surface area contributed by atoms with Crippen LogP contribution in [0, 0.1) is 5.92 Å². The molecule has 0 unspecified atom stereocenters. The fourth-order valence-electron chi connectivity index (χ4n) is 4.09. The van der Waals surface area contributed by atoms with E-state index in [4.69, 9.17) is 18.9 Å². The Morgan fingerprint density at radius 3 is 2.43 bits per heavy atom. The third-order valence-electron chi connectivity index (χ3n) is 5.75. The lowest BCUT2D eigenvalue weighted by molar-refractivity contribution is -0.122. The highest BCUT2D eigenvalue weighted by molar-refractivity contribution is 5.89. The van der Waals surface area contributed by atoms with Crippen LogP contribution in [0.1, 0.15) is 28.8 Å². The first kappa shape index (κ1) is 19.1. The first-order chi connectivity index (χ1) is 13.7. The quantitative estimate of drug-likeness (QED) is 0.541. The monoisotopic (exact) mass is 382 g/mol. The summed E-state index contributed by atoms with van der Waals surface area (Å²) in [6.45, 7) is 1.76. The molecule has 5 heteroatoms. The van der Waals surface area contributed by atoms with Crippen molar-refractivity contribution in [1.29, 1.82) is 0 Å². The van der Waals surface area contributed by atoms with Crippen LogP contribution >= 0.6 is 0 Å². The summed E-state index contributed by atoms with van der Waals surface area (Å²) >= 11 is 0. The lowest BCUT2D eigenvalue weighted by atomic mass is 9.76. The Hall–Kier alpha value is -2.21. The summed E-state index contributed by atoms with van der Waals surface area (Å²) in [6, 6.07) is 19.2. The van der Waals surface area contributed by atoms with Crippen molar-refractivity contribution in [3.05, 3.63) is 71.8 Å². The zero-order valence-electron chi connectivity index (χ0n) is 16.1. The van der Waals surface area contributed by atoms with Gasteiger partial charge in [0.1, 0.15) is 12.2 Å². The average Bonchev–Trinajstić information content (AvgIpc) is 3.52. The first-order valence-corrected chi connectivity index (χ1v) is 9.76.